The fraction of sp³-hybridized carbons (Fsp3) is 0.429. The van der Waals surface area contributed by atoms with Crippen LogP contribution < -0.4 is 10.1 Å². The van der Waals surface area contributed by atoms with E-state index in [1.807, 2.05) is 30.3 Å². The van der Waals surface area contributed by atoms with Crippen LogP contribution in [0.4, 0.5) is 0 Å². The number of allylic oxidation sites excluding steroid dienone is 1. The molecule has 0 heterocycles. The van der Waals surface area contributed by atoms with Crippen molar-refractivity contribution in [2.24, 2.45) is 0 Å². The van der Waals surface area contributed by atoms with Gasteiger partial charge in [0.05, 0.1) is 6.61 Å². The second-order valence-corrected chi connectivity index (χ2v) is 3.99. The number of nitrogens with one attached hydrogen (secondary N) is 1. The lowest BCUT2D eigenvalue weighted by atomic mass is 10.1. The maximum Gasteiger partial charge on any atom is 0.122 e. The van der Waals surface area contributed by atoms with E-state index in [4.69, 9.17) is 9.84 Å². The molecule has 0 saturated carbocycles. The topological polar surface area (TPSA) is 61.7 Å². The van der Waals surface area contributed by atoms with Gasteiger partial charge in [-0.05, 0) is 18.1 Å². The molecule has 3 N–H and O–H groups in total. The van der Waals surface area contributed by atoms with Crippen LogP contribution in [0.2, 0.25) is 0 Å². The van der Waals surface area contributed by atoms with Gasteiger partial charge in [-0.2, -0.15) is 0 Å². The second kappa shape index (κ2) is 8.69. The van der Waals surface area contributed by atoms with Crippen LogP contribution in [0.3, 0.4) is 0 Å². The number of aliphatic hydroxyl groups excluding tert-OH is 2. The maximum absolute atomic E-state index is 9.67. The molecular formula is C14H21NO3. The van der Waals surface area contributed by atoms with Crippen molar-refractivity contribution in [3.63, 3.8) is 0 Å². The van der Waals surface area contributed by atoms with E-state index in [2.05, 4.69) is 11.9 Å². The maximum atomic E-state index is 9.67. The highest BCUT2D eigenvalue weighted by Gasteiger charge is 2.06. The molecule has 1 aromatic rings. The van der Waals surface area contributed by atoms with Gasteiger partial charge in [-0.3, -0.25) is 0 Å². The van der Waals surface area contributed by atoms with Crippen molar-refractivity contribution < 1.29 is 14.9 Å². The number of para-hydroxylation sites is 1. The molecule has 0 radical (unpaired) electrons. The van der Waals surface area contributed by atoms with Crippen LogP contribution in [-0.2, 0) is 6.42 Å². The van der Waals surface area contributed by atoms with Crippen molar-refractivity contribution >= 4 is 0 Å². The van der Waals surface area contributed by atoms with Crippen molar-refractivity contribution in [3.8, 4) is 5.75 Å². The highest BCUT2D eigenvalue weighted by Crippen LogP contribution is 2.18. The first-order valence-corrected chi connectivity index (χ1v) is 6.09. The van der Waals surface area contributed by atoms with E-state index < -0.39 is 6.10 Å². The van der Waals surface area contributed by atoms with Gasteiger partial charge >= 0.3 is 0 Å². The van der Waals surface area contributed by atoms with E-state index in [9.17, 15) is 5.11 Å². The van der Waals surface area contributed by atoms with Crippen molar-refractivity contribution in [2.45, 2.75) is 12.5 Å². The Morgan fingerprint density at radius 1 is 1.39 bits per heavy atom. The molecular weight excluding hydrogens is 230 g/mol. The van der Waals surface area contributed by atoms with E-state index >= 15 is 0 Å². The van der Waals surface area contributed by atoms with Crippen LogP contribution in [0, 0.1) is 0 Å². The molecule has 0 aliphatic carbocycles. The van der Waals surface area contributed by atoms with Gasteiger partial charge in [-0.1, -0.05) is 24.3 Å². The summed E-state index contributed by atoms with van der Waals surface area (Å²) in [6.07, 6.45) is 1.98. The van der Waals surface area contributed by atoms with Gasteiger partial charge in [0.15, 0.2) is 0 Å². The molecule has 0 spiro atoms. The van der Waals surface area contributed by atoms with E-state index in [1.54, 1.807) is 0 Å². The molecule has 18 heavy (non-hydrogen) atoms. The Morgan fingerprint density at radius 3 is 2.89 bits per heavy atom. The zero-order valence-corrected chi connectivity index (χ0v) is 10.5. The summed E-state index contributed by atoms with van der Waals surface area (Å²) in [6, 6.07) is 7.71. The van der Waals surface area contributed by atoms with Crippen LogP contribution in [-0.4, -0.2) is 42.6 Å². The van der Waals surface area contributed by atoms with Crippen LogP contribution in [0.15, 0.2) is 36.9 Å². The van der Waals surface area contributed by atoms with E-state index in [1.165, 1.54) is 0 Å². The monoisotopic (exact) mass is 251 g/mol. The van der Waals surface area contributed by atoms with Gasteiger partial charge in [0.1, 0.15) is 18.5 Å². The van der Waals surface area contributed by atoms with Crippen molar-refractivity contribution in [2.75, 3.05) is 26.3 Å². The summed E-state index contributed by atoms with van der Waals surface area (Å²) in [6.45, 7) is 4.88. The van der Waals surface area contributed by atoms with Gasteiger partial charge in [0.25, 0.3) is 0 Å². The lowest BCUT2D eigenvalue weighted by Gasteiger charge is -2.14. The Kier molecular flexibility index (Phi) is 7.10. The predicted molar refractivity (Wildman–Crippen MR) is 71.8 cm³/mol. The summed E-state index contributed by atoms with van der Waals surface area (Å²) in [4.78, 5) is 0. The molecule has 0 amide bonds. The molecule has 0 aromatic heterocycles. The number of hydrogen-bond acceptors (Lipinski definition) is 4. The molecule has 0 aliphatic rings. The third-order valence-electron chi connectivity index (χ3n) is 2.44. The predicted octanol–water partition coefficient (Wildman–Crippen LogP) is 0.737. The molecule has 1 aromatic carbocycles. The molecule has 1 atom stereocenters. The molecule has 0 unspecified atom stereocenters. The summed E-state index contributed by atoms with van der Waals surface area (Å²) >= 11 is 0. The first kappa shape index (κ1) is 14.7. The highest BCUT2D eigenvalue weighted by atomic mass is 16.5. The quantitative estimate of drug-likeness (QED) is 0.447. The average molecular weight is 251 g/mol. The molecule has 0 fully saturated rings. The van der Waals surface area contributed by atoms with E-state index in [-0.39, 0.29) is 13.2 Å². The molecule has 4 nitrogen and oxygen atoms in total. The molecule has 0 aliphatic heterocycles. The largest absolute Gasteiger partial charge is 0.491 e. The molecule has 100 valence electrons. The third-order valence-corrected chi connectivity index (χ3v) is 2.44. The number of rotatable bonds is 9. The standard InChI is InChI=1S/C14H21NO3/c1-2-5-12-6-3-4-7-14(12)18-11-13(17)10-15-8-9-16/h2-4,6-7,13,15-17H,1,5,8-11H2/t13-/m0/s1. The zero-order chi connectivity index (χ0) is 13.2. The smallest absolute Gasteiger partial charge is 0.122 e. The van der Waals surface area contributed by atoms with Crippen LogP contribution >= 0.6 is 0 Å². The fourth-order valence-corrected chi connectivity index (χ4v) is 1.56. The lowest BCUT2D eigenvalue weighted by molar-refractivity contribution is 0.104. The number of aliphatic hydroxyl groups is 2. The van der Waals surface area contributed by atoms with Gasteiger partial charge in [0, 0.05) is 13.1 Å². The van der Waals surface area contributed by atoms with E-state index in [0.717, 1.165) is 17.7 Å². The number of ether oxygens (including phenoxy) is 1. The first-order chi connectivity index (χ1) is 8.77. The molecule has 4 heteroatoms. The van der Waals surface area contributed by atoms with Gasteiger partial charge in [-0.25, -0.2) is 0 Å². The summed E-state index contributed by atoms with van der Waals surface area (Å²) < 4.78 is 5.58. The summed E-state index contributed by atoms with van der Waals surface area (Å²) in [5.41, 5.74) is 1.06. The summed E-state index contributed by atoms with van der Waals surface area (Å²) in [5, 5.41) is 21.2. The SMILES string of the molecule is C=CCc1ccccc1OC[C@@H](O)CNCCO. The summed E-state index contributed by atoms with van der Waals surface area (Å²) in [7, 11) is 0. The van der Waals surface area contributed by atoms with Gasteiger partial charge in [0.2, 0.25) is 0 Å². The minimum absolute atomic E-state index is 0.0652. The lowest BCUT2D eigenvalue weighted by Crippen LogP contribution is -2.33. The van der Waals surface area contributed by atoms with E-state index in [0.29, 0.717) is 13.1 Å². The number of hydrogen-bond donors (Lipinski definition) is 3. The van der Waals surface area contributed by atoms with Gasteiger partial charge < -0.3 is 20.3 Å². The molecule has 0 bridgehead atoms. The molecule has 1 rings (SSSR count). The van der Waals surface area contributed by atoms with Crippen LogP contribution in [0.1, 0.15) is 5.56 Å². The Labute approximate surface area is 108 Å². The number of benzene rings is 1. The van der Waals surface area contributed by atoms with Crippen LogP contribution in [0.25, 0.3) is 0 Å². The van der Waals surface area contributed by atoms with Crippen molar-refractivity contribution in [1.29, 1.82) is 0 Å². The normalized spacial score (nSPS) is 12.1. The van der Waals surface area contributed by atoms with Crippen LogP contribution in [0.5, 0.6) is 5.75 Å². The molecule has 0 saturated heterocycles. The average Bonchev–Trinajstić information content (AvgIpc) is 2.38. The first-order valence-electron chi connectivity index (χ1n) is 6.09. The van der Waals surface area contributed by atoms with Crippen molar-refractivity contribution in [1.82, 2.24) is 5.32 Å². The minimum atomic E-state index is -0.590. The summed E-state index contributed by atoms with van der Waals surface area (Å²) in [5.74, 6) is 0.776. The van der Waals surface area contributed by atoms with Gasteiger partial charge in [-0.15, -0.1) is 6.58 Å². The minimum Gasteiger partial charge on any atom is -0.491 e. The Bertz CT molecular complexity index is 355. The second-order valence-electron chi connectivity index (χ2n) is 3.99. The van der Waals surface area contributed by atoms with Crippen molar-refractivity contribution in [3.05, 3.63) is 42.5 Å². The zero-order valence-electron chi connectivity index (χ0n) is 10.5. The Hall–Kier alpha value is -1.36. The Morgan fingerprint density at radius 2 is 2.17 bits per heavy atom. The highest BCUT2D eigenvalue weighted by molar-refractivity contribution is 5.34. The Balaban J connectivity index is 2.40. The fourth-order valence-electron chi connectivity index (χ4n) is 1.56. The third kappa shape index (κ3) is 5.31.